The maximum absolute atomic E-state index is 13.4. The maximum Gasteiger partial charge on any atom is 0.490 e. The lowest BCUT2D eigenvalue weighted by molar-refractivity contribution is -0.205. The van der Waals surface area contributed by atoms with E-state index in [1.807, 2.05) is 0 Å². The molecule has 3 nitrogen and oxygen atoms in total. The molecule has 1 N–H and O–H groups in total. The van der Waals surface area contributed by atoms with Crippen LogP contribution >= 0.6 is 35.0 Å². The van der Waals surface area contributed by atoms with Gasteiger partial charge in [0, 0.05) is 27.8 Å². The molecule has 3 rings (SSSR count). The van der Waals surface area contributed by atoms with Crippen molar-refractivity contribution in [2.75, 3.05) is 13.1 Å². The van der Waals surface area contributed by atoms with Crippen molar-refractivity contribution >= 4 is 40.9 Å². The molecule has 29 heavy (non-hydrogen) atoms. The van der Waals surface area contributed by atoms with Gasteiger partial charge in [-0.15, -0.1) is 11.8 Å². The summed E-state index contributed by atoms with van der Waals surface area (Å²) in [6, 6.07) is 7.50. The zero-order valence-corrected chi connectivity index (χ0v) is 17.1. The molecule has 0 bridgehead atoms. The number of nitrogens with one attached hydrogen (secondary N) is 1. The Kier molecular flexibility index (Phi) is 6.98. The van der Waals surface area contributed by atoms with Crippen molar-refractivity contribution in [2.24, 2.45) is 0 Å². The van der Waals surface area contributed by atoms with Crippen LogP contribution < -0.4 is 5.32 Å². The standard InChI is InChI=1S/C19H15Cl2F4NO2S/c20-13-7-14(21)17(29-9-10-2-1-3-11(22)6-10)12-4-5-26-8-15(16(12)13)28-18(27)19(23,24)25/h1-3,6-7,15,26H,4-5,8-9H2. The first-order valence-corrected chi connectivity index (χ1v) is 10.3. The van der Waals surface area contributed by atoms with Crippen LogP contribution in [0, 0.1) is 5.82 Å². The van der Waals surface area contributed by atoms with Gasteiger partial charge in [-0.25, -0.2) is 9.18 Å². The quantitative estimate of drug-likeness (QED) is 0.354. The number of hydrogen-bond acceptors (Lipinski definition) is 4. The van der Waals surface area contributed by atoms with E-state index in [1.54, 1.807) is 12.1 Å². The third-order valence-electron chi connectivity index (χ3n) is 4.28. The number of thioether (sulfide) groups is 1. The molecule has 2 aromatic carbocycles. The highest BCUT2D eigenvalue weighted by atomic mass is 35.5. The van der Waals surface area contributed by atoms with Gasteiger partial charge in [-0.1, -0.05) is 35.3 Å². The normalized spacial score (nSPS) is 16.8. The lowest BCUT2D eigenvalue weighted by Gasteiger charge is -2.22. The summed E-state index contributed by atoms with van der Waals surface area (Å²) in [4.78, 5) is 12.0. The fraction of sp³-hybridized carbons (Fsp3) is 0.316. The number of carbonyl (C=O) groups excluding carboxylic acids is 1. The summed E-state index contributed by atoms with van der Waals surface area (Å²) in [6.45, 7) is 0.432. The van der Waals surface area contributed by atoms with E-state index in [9.17, 15) is 22.4 Å². The Morgan fingerprint density at radius 3 is 2.69 bits per heavy atom. The van der Waals surface area contributed by atoms with E-state index in [-0.39, 0.29) is 17.4 Å². The Balaban J connectivity index is 1.95. The van der Waals surface area contributed by atoms with Crippen LogP contribution in [0.2, 0.25) is 10.0 Å². The summed E-state index contributed by atoms with van der Waals surface area (Å²) in [7, 11) is 0. The topological polar surface area (TPSA) is 38.3 Å². The van der Waals surface area contributed by atoms with E-state index in [0.29, 0.717) is 39.8 Å². The number of esters is 1. The van der Waals surface area contributed by atoms with Crippen LogP contribution in [0.15, 0.2) is 35.2 Å². The molecule has 1 aliphatic rings. The molecule has 0 radical (unpaired) electrons. The highest BCUT2D eigenvalue weighted by Gasteiger charge is 2.43. The minimum Gasteiger partial charge on any atom is -0.449 e. The minimum atomic E-state index is -5.11. The zero-order valence-electron chi connectivity index (χ0n) is 14.8. The number of rotatable bonds is 4. The summed E-state index contributed by atoms with van der Waals surface area (Å²) < 4.78 is 56.2. The van der Waals surface area contributed by atoms with Crippen molar-refractivity contribution in [3.63, 3.8) is 0 Å². The van der Waals surface area contributed by atoms with E-state index < -0.39 is 18.2 Å². The second-order valence-corrected chi connectivity index (χ2v) is 8.13. The summed E-state index contributed by atoms with van der Waals surface area (Å²) in [6.07, 6.45) is -5.89. The third kappa shape index (κ3) is 5.36. The molecule has 0 amide bonds. The molecule has 1 heterocycles. The van der Waals surface area contributed by atoms with E-state index in [1.165, 1.54) is 30.0 Å². The van der Waals surface area contributed by atoms with E-state index in [4.69, 9.17) is 27.9 Å². The van der Waals surface area contributed by atoms with Crippen molar-refractivity contribution in [3.05, 3.63) is 62.9 Å². The summed E-state index contributed by atoms with van der Waals surface area (Å²) >= 11 is 14.0. The lowest BCUT2D eigenvalue weighted by Crippen LogP contribution is -2.31. The Bertz CT molecular complexity index is 924. The number of hydrogen-bond donors (Lipinski definition) is 1. The predicted molar refractivity (Wildman–Crippen MR) is 104 cm³/mol. The van der Waals surface area contributed by atoms with Crippen LogP contribution in [0.1, 0.15) is 22.8 Å². The number of fused-ring (bicyclic) bond motifs is 1. The molecule has 0 saturated heterocycles. The van der Waals surface area contributed by atoms with Gasteiger partial charge in [-0.05, 0) is 42.3 Å². The van der Waals surface area contributed by atoms with E-state index in [0.717, 1.165) is 5.56 Å². The molecule has 0 aromatic heterocycles. The van der Waals surface area contributed by atoms with Gasteiger partial charge in [-0.3, -0.25) is 0 Å². The predicted octanol–water partition coefficient (Wildman–Crippen LogP) is 5.72. The summed E-state index contributed by atoms with van der Waals surface area (Å²) in [5, 5.41) is 3.41. The van der Waals surface area contributed by atoms with Crippen LogP contribution in [0.3, 0.4) is 0 Å². The van der Waals surface area contributed by atoms with Gasteiger partial charge < -0.3 is 10.1 Å². The van der Waals surface area contributed by atoms with Crippen LogP contribution in [-0.2, 0) is 21.7 Å². The van der Waals surface area contributed by atoms with Crippen molar-refractivity contribution in [1.82, 2.24) is 5.32 Å². The fourth-order valence-corrected chi connectivity index (χ4v) is 4.91. The van der Waals surface area contributed by atoms with Crippen LogP contribution in [-0.4, -0.2) is 25.2 Å². The minimum absolute atomic E-state index is 0.00975. The molecule has 10 heteroatoms. The SMILES string of the molecule is O=C(OC1CNCCc2c(SCc3cccc(F)c3)c(Cl)cc(Cl)c21)C(F)(F)F. The van der Waals surface area contributed by atoms with Crippen LogP contribution in [0.4, 0.5) is 17.6 Å². The van der Waals surface area contributed by atoms with Crippen molar-refractivity contribution in [2.45, 2.75) is 29.3 Å². The molecule has 0 spiro atoms. The average molecular weight is 468 g/mol. The number of benzene rings is 2. The third-order valence-corrected chi connectivity index (χ3v) is 6.24. The van der Waals surface area contributed by atoms with Crippen LogP contribution in [0.5, 0.6) is 0 Å². The lowest BCUT2D eigenvalue weighted by atomic mass is 10.0. The average Bonchev–Trinajstić information content (AvgIpc) is 2.83. The molecule has 1 aliphatic heterocycles. The first-order chi connectivity index (χ1) is 13.7. The number of carbonyl (C=O) groups is 1. The maximum atomic E-state index is 13.4. The van der Waals surface area contributed by atoms with Gasteiger partial charge in [0.05, 0.1) is 5.02 Å². The number of alkyl halides is 3. The first-order valence-electron chi connectivity index (χ1n) is 8.53. The summed E-state index contributed by atoms with van der Waals surface area (Å²) in [5.74, 6) is -2.25. The summed E-state index contributed by atoms with van der Waals surface area (Å²) in [5.41, 5.74) is 1.65. The van der Waals surface area contributed by atoms with Gasteiger partial charge in [-0.2, -0.15) is 13.2 Å². The molecule has 2 aromatic rings. The van der Waals surface area contributed by atoms with Gasteiger partial charge in [0.1, 0.15) is 11.9 Å². The second-order valence-electron chi connectivity index (χ2n) is 6.33. The van der Waals surface area contributed by atoms with Crippen molar-refractivity contribution < 1.29 is 27.1 Å². The van der Waals surface area contributed by atoms with Gasteiger partial charge in [0.25, 0.3) is 0 Å². The first kappa shape index (κ1) is 22.2. The molecule has 0 aliphatic carbocycles. The zero-order chi connectivity index (χ0) is 21.2. The molecular formula is C19H15Cl2F4NO2S. The molecular weight excluding hydrogens is 453 g/mol. The van der Waals surface area contributed by atoms with Gasteiger partial charge >= 0.3 is 12.1 Å². The smallest absolute Gasteiger partial charge is 0.449 e. The Labute approximate surface area is 178 Å². The van der Waals surface area contributed by atoms with Gasteiger partial charge in [0.2, 0.25) is 0 Å². The Morgan fingerprint density at radius 1 is 1.24 bits per heavy atom. The molecule has 0 saturated carbocycles. The Hall–Kier alpha value is -1.48. The number of ether oxygens (including phenoxy) is 1. The van der Waals surface area contributed by atoms with Crippen molar-refractivity contribution in [3.8, 4) is 0 Å². The van der Waals surface area contributed by atoms with Crippen LogP contribution in [0.25, 0.3) is 0 Å². The highest BCUT2D eigenvalue weighted by Crippen LogP contribution is 2.42. The highest BCUT2D eigenvalue weighted by molar-refractivity contribution is 7.98. The van der Waals surface area contributed by atoms with Gasteiger partial charge in [0.15, 0.2) is 0 Å². The monoisotopic (exact) mass is 467 g/mol. The largest absolute Gasteiger partial charge is 0.490 e. The Morgan fingerprint density at radius 2 is 2.00 bits per heavy atom. The molecule has 156 valence electrons. The van der Waals surface area contributed by atoms with Crippen molar-refractivity contribution in [1.29, 1.82) is 0 Å². The second kappa shape index (κ2) is 9.12. The van der Waals surface area contributed by atoms with E-state index in [2.05, 4.69) is 5.32 Å². The fourth-order valence-electron chi connectivity index (χ4n) is 3.05. The molecule has 0 fully saturated rings. The van der Waals surface area contributed by atoms with E-state index >= 15 is 0 Å². The number of halogens is 6. The molecule has 1 atom stereocenters. The molecule has 1 unspecified atom stereocenters.